The van der Waals surface area contributed by atoms with Crippen molar-refractivity contribution < 1.29 is 27.4 Å². The molecule has 2 aromatic rings. The summed E-state index contributed by atoms with van der Waals surface area (Å²) in [5, 5.41) is 0. The van der Waals surface area contributed by atoms with E-state index in [4.69, 9.17) is 4.74 Å². The highest BCUT2D eigenvalue weighted by molar-refractivity contribution is 5.72. The minimum Gasteiger partial charge on any atom is -0.469 e. The van der Waals surface area contributed by atoms with E-state index in [1.165, 1.54) is 7.11 Å². The van der Waals surface area contributed by atoms with Crippen molar-refractivity contribution in [3.8, 4) is 6.01 Å². The van der Waals surface area contributed by atoms with Crippen LogP contribution in [-0.4, -0.2) is 28.7 Å². The fraction of sp³-hybridized carbons (Fsp3) is 0.389. The second-order valence-electron chi connectivity index (χ2n) is 6.03. The molecule has 0 aliphatic heterocycles. The molecule has 1 aromatic heterocycles. The van der Waals surface area contributed by atoms with Crippen molar-refractivity contribution >= 4 is 5.97 Å². The van der Waals surface area contributed by atoms with Gasteiger partial charge in [0.15, 0.2) is 5.69 Å². The van der Waals surface area contributed by atoms with Gasteiger partial charge in [0.2, 0.25) is 0 Å². The molecule has 146 valence electrons. The average Bonchev–Trinajstić information content (AvgIpc) is 2.57. The smallest absolute Gasteiger partial charge is 0.433 e. The number of carbonyl (C=O) groups is 1. The first kappa shape index (κ1) is 20.5. The Labute approximate surface area is 153 Å². The predicted octanol–water partition coefficient (Wildman–Crippen LogP) is 2.81. The molecule has 0 radical (unpaired) electrons. The summed E-state index contributed by atoms with van der Waals surface area (Å²) in [5.41, 5.74) is -1.06. The van der Waals surface area contributed by atoms with Gasteiger partial charge in [-0.15, -0.1) is 0 Å². The normalized spacial score (nSPS) is 11.5. The number of ether oxygens (including phenoxy) is 2. The predicted molar refractivity (Wildman–Crippen MR) is 90.5 cm³/mol. The van der Waals surface area contributed by atoms with Crippen LogP contribution in [0.3, 0.4) is 0 Å². The van der Waals surface area contributed by atoms with Gasteiger partial charge in [-0.3, -0.25) is 14.2 Å². The van der Waals surface area contributed by atoms with Crippen LogP contribution in [0.1, 0.15) is 30.7 Å². The van der Waals surface area contributed by atoms with Gasteiger partial charge in [-0.25, -0.2) is 0 Å². The summed E-state index contributed by atoms with van der Waals surface area (Å²) in [4.78, 5) is 27.4. The summed E-state index contributed by atoms with van der Waals surface area (Å²) < 4.78 is 49.9. The molecule has 0 aliphatic carbocycles. The minimum atomic E-state index is -4.77. The summed E-state index contributed by atoms with van der Waals surface area (Å²) in [6, 6.07) is 6.75. The van der Waals surface area contributed by atoms with Crippen molar-refractivity contribution in [3.05, 3.63) is 57.5 Å². The Morgan fingerprint density at radius 2 is 1.85 bits per heavy atom. The van der Waals surface area contributed by atoms with Gasteiger partial charge in [0.25, 0.3) is 11.6 Å². The third kappa shape index (κ3) is 5.32. The zero-order valence-electron chi connectivity index (χ0n) is 15.0. The lowest BCUT2D eigenvalue weighted by Crippen LogP contribution is -2.28. The van der Waals surface area contributed by atoms with E-state index in [1.54, 1.807) is 38.1 Å². The van der Waals surface area contributed by atoms with Crippen LogP contribution in [0.15, 0.2) is 35.1 Å². The van der Waals surface area contributed by atoms with E-state index in [2.05, 4.69) is 9.72 Å². The Morgan fingerprint density at radius 1 is 1.22 bits per heavy atom. The van der Waals surface area contributed by atoms with Crippen molar-refractivity contribution in [2.75, 3.05) is 7.11 Å². The van der Waals surface area contributed by atoms with Crippen LogP contribution >= 0.6 is 0 Å². The largest absolute Gasteiger partial charge is 0.469 e. The maximum absolute atomic E-state index is 13.0. The third-order valence-corrected chi connectivity index (χ3v) is 3.61. The molecule has 0 bridgehead atoms. The van der Waals surface area contributed by atoms with Gasteiger partial charge in [-0.1, -0.05) is 24.3 Å². The molecule has 1 heterocycles. The zero-order valence-corrected chi connectivity index (χ0v) is 15.0. The molecule has 0 fully saturated rings. The lowest BCUT2D eigenvalue weighted by atomic mass is 10.0. The van der Waals surface area contributed by atoms with Crippen molar-refractivity contribution in [2.45, 2.75) is 39.1 Å². The number of nitrogens with zero attached hydrogens (tertiary/aromatic N) is 2. The number of carbonyl (C=O) groups excluding carboxylic acids is 1. The van der Waals surface area contributed by atoms with E-state index in [9.17, 15) is 22.8 Å². The van der Waals surface area contributed by atoms with E-state index in [0.717, 1.165) is 4.57 Å². The number of rotatable bonds is 6. The monoisotopic (exact) mass is 384 g/mol. The number of methoxy groups -OCH3 is 1. The molecule has 0 saturated heterocycles. The summed E-state index contributed by atoms with van der Waals surface area (Å²) in [6.07, 6.45) is -5.29. The highest BCUT2D eigenvalue weighted by Crippen LogP contribution is 2.28. The second-order valence-corrected chi connectivity index (χ2v) is 6.03. The molecule has 0 aliphatic rings. The molecule has 0 unspecified atom stereocenters. The Kier molecular flexibility index (Phi) is 6.24. The number of halogens is 3. The number of alkyl halides is 3. The molecule has 27 heavy (non-hydrogen) atoms. The standard InChI is InChI=1S/C18H19F3N2O4/c1-11(2)27-17-22-14(18(19,20)21)9-15(24)23(17)10-13-7-5-4-6-12(13)8-16(25)26-3/h4-7,9,11H,8,10H2,1-3H3. The van der Waals surface area contributed by atoms with Crippen molar-refractivity contribution in [1.82, 2.24) is 9.55 Å². The van der Waals surface area contributed by atoms with E-state index >= 15 is 0 Å². The summed E-state index contributed by atoms with van der Waals surface area (Å²) >= 11 is 0. The van der Waals surface area contributed by atoms with Crippen LogP contribution < -0.4 is 10.3 Å². The fourth-order valence-corrected chi connectivity index (χ4v) is 2.36. The molecule has 0 atom stereocenters. The van der Waals surface area contributed by atoms with E-state index in [1.807, 2.05) is 0 Å². The van der Waals surface area contributed by atoms with Gasteiger partial charge < -0.3 is 9.47 Å². The van der Waals surface area contributed by atoms with Crippen LogP contribution in [0.25, 0.3) is 0 Å². The number of hydrogen-bond donors (Lipinski definition) is 0. The maximum atomic E-state index is 13.0. The molecule has 2 rings (SSSR count). The number of hydrogen-bond acceptors (Lipinski definition) is 5. The van der Waals surface area contributed by atoms with Gasteiger partial charge in [-0.05, 0) is 25.0 Å². The van der Waals surface area contributed by atoms with Crippen molar-refractivity contribution in [3.63, 3.8) is 0 Å². The molecule has 9 heteroatoms. The first-order chi connectivity index (χ1) is 12.6. The van der Waals surface area contributed by atoms with Gasteiger partial charge in [0.05, 0.1) is 26.2 Å². The lowest BCUT2D eigenvalue weighted by Gasteiger charge is -2.18. The minimum absolute atomic E-state index is 0.0319. The molecule has 1 aromatic carbocycles. The highest BCUT2D eigenvalue weighted by Gasteiger charge is 2.34. The number of benzene rings is 1. The lowest BCUT2D eigenvalue weighted by molar-refractivity contribution is -0.142. The quantitative estimate of drug-likeness (QED) is 0.717. The van der Waals surface area contributed by atoms with E-state index in [0.29, 0.717) is 17.2 Å². The first-order valence-electron chi connectivity index (χ1n) is 8.11. The summed E-state index contributed by atoms with van der Waals surface area (Å²) in [5.74, 6) is -0.473. The Balaban J connectivity index is 2.50. The fourth-order valence-electron chi connectivity index (χ4n) is 2.36. The van der Waals surface area contributed by atoms with Gasteiger partial charge >= 0.3 is 12.1 Å². The second kappa shape index (κ2) is 8.24. The third-order valence-electron chi connectivity index (χ3n) is 3.61. The van der Waals surface area contributed by atoms with Gasteiger partial charge in [0.1, 0.15) is 0 Å². The number of aromatic nitrogens is 2. The van der Waals surface area contributed by atoms with Gasteiger partial charge in [-0.2, -0.15) is 18.2 Å². The number of esters is 1. The Morgan fingerprint density at radius 3 is 2.41 bits per heavy atom. The highest BCUT2D eigenvalue weighted by atomic mass is 19.4. The first-order valence-corrected chi connectivity index (χ1v) is 8.11. The van der Waals surface area contributed by atoms with Crippen LogP contribution in [0.5, 0.6) is 6.01 Å². The Hall–Kier alpha value is -2.84. The van der Waals surface area contributed by atoms with Crippen molar-refractivity contribution in [2.24, 2.45) is 0 Å². The Bertz CT molecular complexity index is 876. The molecule has 0 spiro atoms. The molecule has 0 N–H and O–H groups in total. The summed E-state index contributed by atoms with van der Waals surface area (Å²) in [6.45, 7) is 3.13. The average molecular weight is 384 g/mol. The molecule has 0 amide bonds. The van der Waals surface area contributed by atoms with Crippen LogP contribution in [0.4, 0.5) is 13.2 Å². The van der Waals surface area contributed by atoms with Crippen LogP contribution in [-0.2, 0) is 28.7 Å². The van der Waals surface area contributed by atoms with Gasteiger partial charge in [0, 0.05) is 6.07 Å². The summed E-state index contributed by atoms with van der Waals surface area (Å²) in [7, 11) is 1.25. The molecular formula is C18H19F3N2O4. The molecule has 0 saturated carbocycles. The van der Waals surface area contributed by atoms with E-state index < -0.39 is 35.5 Å². The van der Waals surface area contributed by atoms with E-state index in [-0.39, 0.29) is 13.0 Å². The SMILES string of the molecule is COC(=O)Cc1ccccc1Cn1c(OC(C)C)nc(C(F)(F)F)cc1=O. The zero-order chi connectivity index (χ0) is 20.2. The van der Waals surface area contributed by atoms with Crippen LogP contribution in [0, 0.1) is 0 Å². The van der Waals surface area contributed by atoms with Crippen LogP contribution in [0.2, 0.25) is 0 Å². The topological polar surface area (TPSA) is 70.4 Å². The molecule has 6 nitrogen and oxygen atoms in total. The molecular weight excluding hydrogens is 365 g/mol. The van der Waals surface area contributed by atoms with Crippen molar-refractivity contribution in [1.29, 1.82) is 0 Å². The maximum Gasteiger partial charge on any atom is 0.433 e.